The first-order valence-corrected chi connectivity index (χ1v) is 8.42. The third-order valence-corrected chi connectivity index (χ3v) is 4.24. The van der Waals surface area contributed by atoms with Crippen molar-refractivity contribution < 1.29 is 9.47 Å². The highest BCUT2D eigenvalue weighted by atomic mass is 16.5. The van der Waals surface area contributed by atoms with Crippen molar-refractivity contribution in [2.45, 2.75) is 26.3 Å². The molecule has 1 aromatic heterocycles. The van der Waals surface area contributed by atoms with Crippen LogP contribution in [0.3, 0.4) is 0 Å². The maximum Gasteiger partial charge on any atom is 0.162 e. The molecule has 1 atom stereocenters. The number of benzene rings is 2. The van der Waals surface area contributed by atoms with Crippen molar-refractivity contribution >= 4 is 16.7 Å². The second-order valence-electron chi connectivity index (χ2n) is 5.94. The lowest BCUT2D eigenvalue weighted by molar-refractivity contribution is 0.355. The van der Waals surface area contributed by atoms with Crippen molar-refractivity contribution in [2.24, 2.45) is 0 Å². The Balaban J connectivity index is 2.13. The highest BCUT2D eigenvalue weighted by molar-refractivity contribution is 5.90. The van der Waals surface area contributed by atoms with Gasteiger partial charge in [-0.1, -0.05) is 19.1 Å². The number of hydrogen-bond donors (Lipinski definition) is 1. The predicted octanol–water partition coefficient (Wildman–Crippen LogP) is 4.52. The van der Waals surface area contributed by atoms with Crippen LogP contribution in [0.5, 0.6) is 11.5 Å². The number of hydrogen-bond acceptors (Lipinski definition) is 5. The minimum Gasteiger partial charge on any atom is -0.493 e. The smallest absolute Gasteiger partial charge is 0.162 e. The summed E-state index contributed by atoms with van der Waals surface area (Å²) in [7, 11) is 3.25. The summed E-state index contributed by atoms with van der Waals surface area (Å²) in [4.78, 5) is 9.49. The third kappa shape index (κ3) is 3.50. The SMILES string of the molecule is CCC(C)Nc1nc(-c2ccc(OC)c(OC)c2)nc2ccccc12. The van der Waals surface area contributed by atoms with E-state index < -0.39 is 0 Å². The molecule has 3 rings (SSSR count). The van der Waals surface area contributed by atoms with Gasteiger partial charge in [-0.15, -0.1) is 0 Å². The van der Waals surface area contributed by atoms with Gasteiger partial charge in [-0.05, 0) is 43.7 Å². The molecule has 0 fully saturated rings. The number of ether oxygens (including phenoxy) is 2. The Morgan fingerprint density at radius 1 is 1.00 bits per heavy atom. The van der Waals surface area contributed by atoms with Crippen LogP contribution in [0, 0.1) is 0 Å². The number of rotatable bonds is 6. The molecule has 0 aliphatic rings. The van der Waals surface area contributed by atoms with E-state index in [2.05, 4.69) is 19.2 Å². The van der Waals surface area contributed by atoms with Crippen LogP contribution in [-0.2, 0) is 0 Å². The molecule has 1 N–H and O–H groups in total. The van der Waals surface area contributed by atoms with Gasteiger partial charge >= 0.3 is 0 Å². The lowest BCUT2D eigenvalue weighted by Gasteiger charge is -2.15. The Morgan fingerprint density at radius 3 is 2.48 bits per heavy atom. The molecule has 0 saturated heterocycles. The van der Waals surface area contributed by atoms with Crippen molar-refractivity contribution in [1.29, 1.82) is 0 Å². The summed E-state index contributed by atoms with van der Waals surface area (Å²) in [6.07, 6.45) is 1.02. The Kier molecular flexibility index (Phi) is 5.03. The third-order valence-electron chi connectivity index (χ3n) is 4.24. The van der Waals surface area contributed by atoms with Gasteiger partial charge in [0, 0.05) is 17.0 Å². The molecule has 0 aliphatic heterocycles. The zero-order valence-electron chi connectivity index (χ0n) is 15.0. The van der Waals surface area contributed by atoms with Gasteiger partial charge in [0.1, 0.15) is 5.82 Å². The number of nitrogens with zero attached hydrogens (tertiary/aromatic N) is 2. The molecule has 3 aromatic rings. The van der Waals surface area contributed by atoms with Crippen molar-refractivity contribution in [3.05, 3.63) is 42.5 Å². The molecule has 0 radical (unpaired) electrons. The maximum atomic E-state index is 5.40. The molecular weight excluding hydrogens is 314 g/mol. The van der Waals surface area contributed by atoms with Crippen LogP contribution in [0.25, 0.3) is 22.3 Å². The highest BCUT2D eigenvalue weighted by Gasteiger charge is 2.13. The summed E-state index contributed by atoms with van der Waals surface area (Å²) in [6, 6.07) is 14.1. The second kappa shape index (κ2) is 7.38. The first-order valence-electron chi connectivity index (χ1n) is 8.42. The lowest BCUT2D eigenvalue weighted by atomic mass is 10.1. The van der Waals surface area contributed by atoms with E-state index in [9.17, 15) is 0 Å². The van der Waals surface area contributed by atoms with Crippen LogP contribution in [0.1, 0.15) is 20.3 Å². The van der Waals surface area contributed by atoms with Gasteiger partial charge in [0.2, 0.25) is 0 Å². The standard InChI is InChI=1S/C20H23N3O2/c1-5-13(2)21-20-15-8-6-7-9-16(15)22-19(23-20)14-10-11-17(24-3)18(12-14)25-4/h6-13H,5H2,1-4H3,(H,21,22,23). The number of aromatic nitrogens is 2. The number of para-hydroxylation sites is 1. The quantitative estimate of drug-likeness (QED) is 0.716. The molecule has 0 saturated carbocycles. The number of fused-ring (bicyclic) bond motifs is 1. The summed E-state index contributed by atoms with van der Waals surface area (Å²) >= 11 is 0. The topological polar surface area (TPSA) is 56.3 Å². The average molecular weight is 337 g/mol. The Labute approximate surface area is 148 Å². The van der Waals surface area contributed by atoms with E-state index in [4.69, 9.17) is 19.4 Å². The van der Waals surface area contributed by atoms with E-state index in [1.807, 2.05) is 42.5 Å². The fourth-order valence-electron chi connectivity index (χ4n) is 2.63. The van der Waals surface area contributed by atoms with Gasteiger partial charge in [0.25, 0.3) is 0 Å². The van der Waals surface area contributed by atoms with Crippen LogP contribution >= 0.6 is 0 Å². The van der Waals surface area contributed by atoms with Crippen LogP contribution in [0.2, 0.25) is 0 Å². The minimum atomic E-state index is 0.330. The van der Waals surface area contributed by atoms with Crippen LogP contribution in [0.15, 0.2) is 42.5 Å². The van der Waals surface area contributed by atoms with Gasteiger partial charge in [-0.25, -0.2) is 9.97 Å². The van der Waals surface area contributed by atoms with Gasteiger partial charge < -0.3 is 14.8 Å². The second-order valence-corrected chi connectivity index (χ2v) is 5.94. The molecule has 0 aliphatic carbocycles. The first kappa shape index (κ1) is 17.0. The van der Waals surface area contributed by atoms with Gasteiger partial charge in [0.15, 0.2) is 17.3 Å². The van der Waals surface area contributed by atoms with Crippen molar-refractivity contribution in [1.82, 2.24) is 9.97 Å². The number of nitrogens with one attached hydrogen (secondary N) is 1. The zero-order chi connectivity index (χ0) is 17.8. The van der Waals surface area contributed by atoms with E-state index in [-0.39, 0.29) is 0 Å². The van der Waals surface area contributed by atoms with Crippen molar-refractivity contribution in [3.63, 3.8) is 0 Å². The normalized spacial score (nSPS) is 12.0. The van der Waals surface area contributed by atoms with E-state index in [1.165, 1.54) is 0 Å². The molecule has 5 heteroatoms. The molecule has 5 nitrogen and oxygen atoms in total. The summed E-state index contributed by atoms with van der Waals surface area (Å²) in [5.41, 5.74) is 1.80. The van der Waals surface area contributed by atoms with E-state index in [0.29, 0.717) is 23.4 Å². The average Bonchev–Trinajstić information content (AvgIpc) is 2.67. The fraction of sp³-hybridized carbons (Fsp3) is 0.300. The van der Waals surface area contributed by atoms with Gasteiger partial charge in [0.05, 0.1) is 19.7 Å². The van der Waals surface area contributed by atoms with Gasteiger partial charge in [-0.2, -0.15) is 0 Å². The van der Waals surface area contributed by atoms with Gasteiger partial charge in [-0.3, -0.25) is 0 Å². The zero-order valence-corrected chi connectivity index (χ0v) is 15.0. The van der Waals surface area contributed by atoms with E-state index in [1.54, 1.807) is 14.2 Å². The molecule has 1 heterocycles. The van der Waals surface area contributed by atoms with E-state index in [0.717, 1.165) is 28.7 Å². The highest BCUT2D eigenvalue weighted by Crippen LogP contribution is 2.32. The molecule has 0 spiro atoms. The Bertz CT molecular complexity index is 880. The molecular formula is C20H23N3O2. The summed E-state index contributed by atoms with van der Waals surface area (Å²) in [5, 5.41) is 4.51. The maximum absolute atomic E-state index is 5.40. The van der Waals surface area contributed by atoms with Crippen LogP contribution in [0.4, 0.5) is 5.82 Å². The van der Waals surface area contributed by atoms with E-state index >= 15 is 0 Å². The number of anilines is 1. The Morgan fingerprint density at radius 2 is 1.76 bits per heavy atom. The molecule has 2 aromatic carbocycles. The minimum absolute atomic E-state index is 0.330. The molecule has 0 bridgehead atoms. The van der Waals surface area contributed by atoms with Crippen LogP contribution in [-0.4, -0.2) is 30.2 Å². The summed E-state index contributed by atoms with van der Waals surface area (Å²) in [5.74, 6) is 2.85. The lowest BCUT2D eigenvalue weighted by Crippen LogP contribution is -2.15. The summed E-state index contributed by atoms with van der Waals surface area (Å²) in [6.45, 7) is 4.29. The predicted molar refractivity (Wildman–Crippen MR) is 101 cm³/mol. The molecule has 1 unspecified atom stereocenters. The molecule has 130 valence electrons. The molecule has 0 amide bonds. The number of methoxy groups -OCH3 is 2. The largest absolute Gasteiger partial charge is 0.493 e. The fourth-order valence-corrected chi connectivity index (χ4v) is 2.63. The van der Waals surface area contributed by atoms with Crippen molar-refractivity contribution in [3.8, 4) is 22.9 Å². The summed E-state index contributed by atoms with van der Waals surface area (Å²) < 4.78 is 10.7. The Hall–Kier alpha value is -2.82. The van der Waals surface area contributed by atoms with Crippen LogP contribution < -0.4 is 14.8 Å². The van der Waals surface area contributed by atoms with Crippen molar-refractivity contribution in [2.75, 3.05) is 19.5 Å². The molecule has 25 heavy (non-hydrogen) atoms. The monoisotopic (exact) mass is 337 g/mol. The first-order chi connectivity index (χ1) is 12.2.